The molecule has 3 aromatic carbocycles. The molecular weight excluding hydrogens is 393 g/mol. The molecule has 4 rings (SSSR count). The van der Waals surface area contributed by atoms with Crippen LogP contribution in [0.1, 0.15) is 49.9 Å². The molecule has 0 saturated carbocycles. The van der Waals surface area contributed by atoms with Crippen LogP contribution in [0.25, 0.3) is 0 Å². The third-order valence-corrected chi connectivity index (χ3v) is 6.91. The van der Waals surface area contributed by atoms with Crippen LogP contribution >= 0.6 is 0 Å². The number of nitrogens with zero attached hydrogens (tertiary/aromatic N) is 1. The summed E-state index contributed by atoms with van der Waals surface area (Å²) < 4.78 is 12.7. The summed E-state index contributed by atoms with van der Waals surface area (Å²) in [4.78, 5) is 2.31. The van der Waals surface area contributed by atoms with Gasteiger partial charge in [-0.2, -0.15) is 0 Å². The van der Waals surface area contributed by atoms with E-state index in [-0.39, 0.29) is 18.3 Å². The summed E-state index contributed by atoms with van der Waals surface area (Å²) in [5.74, 6) is 0. The van der Waals surface area contributed by atoms with Crippen LogP contribution in [0, 0.1) is 27.7 Å². The molecule has 0 radical (unpaired) electrons. The van der Waals surface area contributed by atoms with Crippen molar-refractivity contribution in [2.75, 3.05) is 4.90 Å². The number of hydrogen-bond acceptors (Lipinski definition) is 3. The first-order chi connectivity index (χ1) is 15.0. The Balaban J connectivity index is 1.79. The SMILES string of the molecule is Cc1ccc(N(c2ccc(C)cc2)c2cc(C)c(B3OC(C)(C)C(C)(C)O3)c(C)c2)cc1. The molecule has 1 aliphatic heterocycles. The lowest BCUT2D eigenvalue weighted by molar-refractivity contribution is 0.00578. The minimum Gasteiger partial charge on any atom is -0.399 e. The molecule has 1 heterocycles. The molecule has 3 nitrogen and oxygen atoms in total. The number of rotatable bonds is 4. The van der Waals surface area contributed by atoms with E-state index in [0.29, 0.717) is 0 Å². The summed E-state index contributed by atoms with van der Waals surface area (Å²) >= 11 is 0. The molecule has 32 heavy (non-hydrogen) atoms. The van der Waals surface area contributed by atoms with Crippen LogP contribution in [0.3, 0.4) is 0 Å². The fourth-order valence-corrected chi connectivity index (χ4v) is 4.25. The zero-order valence-corrected chi connectivity index (χ0v) is 20.6. The third-order valence-electron chi connectivity index (χ3n) is 6.91. The fraction of sp³-hybridized carbons (Fsp3) is 0.357. The largest absolute Gasteiger partial charge is 0.495 e. The van der Waals surface area contributed by atoms with E-state index >= 15 is 0 Å². The molecule has 0 bridgehead atoms. The highest BCUT2D eigenvalue weighted by molar-refractivity contribution is 6.63. The summed E-state index contributed by atoms with van der Waals surface area (Å²) in [7, 11) is -0.360. The number of hydrogen-bond donors (Lipinski definition) is 0. The molecule has 4 heteroatoms. The summed E-state index contributed by atoms with van der Waals surface area (Å²) in [5, 5.41) is 0. The van der Waals surface area contributed by atoms with E-state index in [2.05, 4.69) is 121 Å². The minimum absolute atomic E-state index is 0.356. The van der Waals surface area contributed by atoms with Gasteiger partial charge < -0.3 is 14.2 Å². The van der Waals surface area contributed by atoms with E-state index in [1.807, 2.05) is 0 Å². The molecule has 0 N–H and O–H groups in total. The molecule has 166 valence electrons. The maximum atomic E-state index is 6.37. The first-order valence-electron chi connectivity index (χ1n) is 11.4. The van der Waals surface area contributed by atoms with Crippen molar-refractivity contribution in [1.82, 2.24) is 0 Å². The van der Waals surface area contributed by atoms with Crippen molar-refractivity contribution < 1.29 is 9.31 Å². The second-order valence-corrected chi connectivity index (χ2v) is 10.1. The van der Waals surface area contributed by atoms with Crippen molar-refractivity contribution in [2.24, 2.45) is 0 Å². The quantitative estimate of drug-likeness (QED) is 0.433. The Kier molecular flexibility index (Phi) is 5.73. The van der Waals surface area contributed by atoms with Crippen LogP contribution in [-0.4, -0.2) is 18.3 Å². The van der Waals surface area contributed by atoms with Gasteiger partial charge in [0.2, 0.25) is 0 Å². The Morgan fingerprint density at radius 1 is 0.594 bits per heavy atom. The first-order valence-corrected chi connectivity index (χ1v) is 11.4. The first kappa shape index (κ1) is 22.6. The van der Waals surface area contributed by atoms with Gasteiger partial charge in [-0.3, -0.25) is 0 Å². The van der Waals surface area contributed by atoms with Gasteiger partial charge in [0, 0.05) is 17.1 Å². The maximum Gasteiger partial charge on any atom is 0.495 e. The summed E-state index contributed by atoms with van der Waals surface area (Å²) in [6.07, 6.45) is 0. The van der Waals surface area contributed by atoms with Gasteiger partial charge in [-0.25, -0.2) is 0 Å². The zero-order chi connectivity index (χ0) is 23.3. The summed E-state index contributed by atoms with van der Waals surface area (Å²) in [6.45, 7) is 16.9. The van der Waals surface area contributed by atoms with E-state index in [4.69, 9.17) is 9.31 Å². The van der Waals surface area contributed by atoms with Crippen LogP contribution < -0.4 is 10.4 Å². The van der Waals surface area contributed by atoms with Gasteiger partial charge in [0.25, 0.3) is 0 Å². The average Bonchev–Trinajstić information content (AvgIpc) is 2.91. The molecule has 0 aromatic heterocycles. The highest BCUT2D eigenvalue weighted by Crippen LogP contribution is 2.39. The van der Waals surface area contributed by atoms with Gasteiger partial charge in [0.1, 0.15) is 0 Å². The van der Waals surface area contributed by atoms with Crippen molar-refractivity contribution in [3.8, 4) is 0 Å². The minimum atomic E-state index is -0.360. The lowest BCUT2D eigenvalue weighted by atomic mass is 9.73. The Hall–Kier alpha value is -2.56. The fourth-order valence-electron chi connectivity index (χ4n) is 4.25. The van der Waals surface area contributed by atoms with Gasteiger partial charge in [-0.05, 0) is 108 Å². The Morgan fingerprint density at radius 3 is 1.34 bits per heavy atom. The topological polar surface area (TPSA) is 21.7 Å². The van der Waals surface area contributed by atoms with Crippen LogP contribution in [0.2, 0.25) is 0 Å². The predicted octanol–water partition coefficient (Wildman–Crippen LogP) is 6.69. The van der Waals surface area contributed by atoms with Gasteiger partial charge in [0.15, 0.2) is 0 Å². The van der Waals surface area contributed by atoms with Crippen LogP contribution in [0.4, 0.5) is 17.1 Å². The van der Waals surface area contributed by atoms with Gasteiger partial charge >= 0.3 is 7.12 Å². The number of anilines is 3. The molecule has 0 aliphatic carbocycles. The van der Waals surface area contributed by atoms with Crippen LogP contribution in [0.5, 0.6) is 0 Å². The molecule has 0 spiro atoms. The van der Waals surface area contributed by atoms with Crippen molar-refractivity contribution in [1.29, 1.82) is 0 Å². The van der Waals surface area contributed by atoms with Crippen molar-refractivity contribution in [3.05, 3.63) is 82.9 Å². The van der Waals surface area contributed by atoms with Crippen molar-refractivity contribution in [3.63, 3.8) is 0 Å². The lowest BCUT2D eigenvalue weighted by Gasteiger charge is -2.32. The molecule has 0 amide bonds. The number of aryl methyl sites for hydroxylation is 4. The molecule has 1 aliphatic rings. The van der Waals surface area contributed by atoms with Gasteiger partial charge in [0.05, 0.1) is 11.2 Å². The van der Waals surface area contributed by atoms with E-state index in [1.165, 1.54) is 22.3 Å². The highest BCUT2D eigenvalue weighted by atomic mass is 16.7. The highest BCUT2D eigenvalue weighted by Gasteiger charge is 2.52. The van der Waals surface area contributed by atoms with E-state index in [1.54, 1.807) is 0 Å². The lowest BCUT2D eigenvalue weighted by Crippen LogP contribution is -2.41. The molecule has 0 atom stereocenters. The average molecular weight is 427 g/mol. The molecule has 1 saturated heterocycles. The van der Waals surface area contributed by atoms with Crippen LogP contribution in [-0.2, 0) is 9.31 Å². The Morgan fingerprint density at radius 2 is 0.969 bits per heavy atom. The predicted molar refractivity (Wildman–Crippen MR) is 136 cm³/mol. The molecular formula is C28H34BNO2. The Bertz CT molecular complexity index is 1030. The van der Waals surface area contributed by atoms with Gasteiger partial charge in [-0.1, -0.05) is 35.4 Å². The maximum absolute atomic E-state index is 6.37. The second kappa shape index (κ2) is 8.10. The Labute approximate surface area is 193 Å². The summed E-state index contributed by atoms with van der Waals surface area (Å²) in [5.41, 5.74) is 8.67. The standard InChI is InChI=1S/C28H34BNO2/c1-19-9-13-23(14-10-19)30(24-15-11-20(2)12-16-24)25-17-21(3)26(22(4)18-25)29-31-27(5,6)28(7,8)32-29/h9-18H,1-8H3. The molecule has 3 aromatic rings. The van der Waals surface area contributed by atoms with Gasteiger partial charge in [-0.15, -0.1) is 0 Å². The van der Waals surface area contributed by atoms with Crippen molar-refractivity contribution >= 4 is 29.6 Å². The second-order valence-electron chi connectivity index (χ2n) is 10.1. The van der Waals surface area contributed by atoms with E-state index in [9.17, 15) is 0 Å². The molecule has 1 fully saturated rings. The normalized spacial score (nSPS) is 16.9. The monoisotopic (exact) mass is 427 g/mol. The smallest absolute Gasteiger partial charge is 0.399 e. The van der Waals surface area contributed by atoms with Crippen LogP contribution in [0.15, 0.2) is 60.7 Å². The number of benzene rings is 3. The van der Waals surface area contributed by atoms with E-state index < -0.39 is 0 Å². The third kappa shape index (κ3) is 4.10. The summed E-state index contributed by atoms with van der Waals surface area (Å²) in [6, 6.07) is 21.9. The van der Waals surface area contributed by atoms with Crippen molar-refractivity contribution in [2.45, 2.75) is 66.6 Å². The molecule has 0 unspecified atom stereocenters. The zero-order valence-electron chi connectivity index (χ0n) is 20.6. The van der Waals surface area contributed by atoms with E-state index in [0.717, 1.165) is 22.5 Å².